The van der Waals surface area contributed by atoms with Crippen molar-refractivity contribution in [3.8, 4) is 5.75 Å². The number of fused-ring (bicyclic) bond motifs is 1. The average Bonchev–Trinajstić information content (AvgIpc) is 2.54. The molecule has 0 bridgehead atoms. The van der Waals surface area contributed by atoms with E-state index in [2.05, 4.69) is 23.2 Å². The van der Waals surface area contributed by atoms with Crippen molar-refractivity contribution in [2.75, 3.05) is 7.11 Å². The van der Waals surface area contributed by atoms with Crippen LogP contribution in [0.4, 0.5) is 0 Å². The molecular weight excluding hydrogens is 260 g/mol. The third-order valence-corrected chi connectivity index (χ3v) is 3.73. The number of hydrogen-bond acceptors (Lipinski definition) is 3. The minimum Gasteiger partial charge on any atom is -0.496 e. The highest BCUT2D eigenvalue weighted by Crippen LogP contribution is 2.27. The summed E-state index contributed by atoms with van der Waals surface area (Å²) < 4.78 is 5.40. The van der Waals surface area contributed by atoms with E-state index < -0.39 is 0 Å². The molecule has 1 heterocycles. The van der Waals surface area contributed by atoms with Gasteiger partial charge in [0.05, 0.1) is 7.11 Å². The van der Waals surface area contributed by atoms with E-state index in [0.717, 1.165) is 34.1 Å². The molecule has 2 aromatic carbocycles. The lowest BCUT2D eigenvalue weighted by molar-refractivity contribution is 0.408. The zero-order valence-electron chi connectivity index (χ0n) is 12.0. The molecule has 0 amide bonds. The molecule has 1 aromatic heterocycles. The van der Waals surface area contributed by atoms with Gasteiger partial charge in [0, 0.05) is 23.8 Å². The molecule has 0 spiro atoms. The predicted octanol–water partition coefficient (Wildman–Crippen LogP) is 3.49. The molecule has 3 heteroatoms. The van der Waals surface area contributed by atoms with Crippen LogP contribution in [0.25, 0.3) is 10.8 Å². The largest absolute Gasteiger partial charge is 0.496 e. The first kappa shape index (κ1) is 13.6. The van der Waals surface area contributed by atoms with Crippen molar-refractivity contribution in [2.45, 2.75) is 12.5 Å². The molecule has 1 atom stereocenters. The monoisotopic (exact) mass is 278 g/mol. The smallest absolute Gasteiger partial charge is 0.122 e. The Morgan fingerprint density at radius 2 is 1.81 bits per heavy atom. The van der Waals surface area contributed by atoms with Gasteiger partial charge in [-0.3, -0.25) is 4.98 Å². The van der Waals surface area contributed by atoms with E-state index in [1.165, 1.54) is 0 Å². The lowest BCUT2D eigenvalue weighted by Crippen LogP contribution is -2.14. The lowest BCUT2D eigenvalue weighted by atomic mass is 9.96. The third kappa shape index (κ3) is 2.73. The Bertz CT molecular complexity index is 750. The van der Waals surface area contributed by atoms with Crippen LogP contribution in [0.2, 0.25) is 0 Å². The fourth-order valence-electron chi connectivity index (χ4n) is 2.65. The zero-order chi connectivity index (χ0) is 14.7. The van der Waals surface area contributed by atoms with Crippen molar-refractivity contribution in [3.63, 3.8) is 0 Å². The van der Waals surface area contributed by atoms with E-state index in [9.17, 15) is 0 Å². The first-order chi connectivity index (χ1) is 10.3. The summed E-state index contributed by atoms with van der Waals surface area (Å²) in [6, 6.07) is 16.1. The number of hydrogen-bond donors (Lipinski definition) is 1. The molecule has 0 aliphatic carbocycles. The molecule has 0 saturated heterocycles. The van der Waals surface area contributed by atoms with Gasteiger partial charge in [0.15, 0.2) is 0 Å². The summed E-state index contributed by atoms with van der Waals surface area (Å²) in [5.41, 5.74) is 8.60. The molecule has 3 nitrogen and oxygen atoms in total. The molecule has 0 fully saturated rings. The minimum atomic E-state index is -0.111. The maximum atomic E-state index is 6.42. The van der Waals surface area contributed by atoms with Crippen molar-refractivity contribution in [3.05, 3.63) is 72.1 Å². The van der Waals surface area contributed by atoms with Gasteiger partial charge in [0.25, 0.3) is 0 Å². The summed E-state index contributed by atoms with van der Waals surface area (Å²) in [6.07, 6.45) is 4.46. The summed E-state index contributed by atoms with van der Waals surface area (Å²) in [7, 11) is 1.68. The summed E-state index contributed by atoms with van der Waals surface area (Å²) in [5.74, 6) is 0.876. The Morgan fingerprint density at radius 3 is 2.67 bits per heavy atom. The second-order valence-corrected chi connectivity index (χ2v) is 5.07. The van der Waals surface area contributed by atoms with Crippen LogP contribution < -0.4 is 10.5 Å². The number of nitrogens with two attached hydrogens (primary N) is 1. The number of benzene rings is 2. The van der Waals surface area contributed by atoms with E-state index in [1.54, 1.807) is 7.11 Å². The fourth-order valence-corrected chi connectivity index (χ4v) is 2.65. The molecule has 3 rings (SSSR count). The van der Waals surface area contributed by atoms with Crippen molar-refractivity contribution >= 4 is 10.8 Å². The first-order valence-electron chi connectivity index (χ1n) is 6.99. The highest BCUT2D eigenvalue weighted by molar-refractivity contribution is 5.85. The van der Waals surface area contributed by atoms with Gasteiger partial charge >= 0.3 is 0 Å². The summed E-state index contributed by atoms with van der Waals surface area (Å²) in [6.45, 7) is 0. The molecule has 0 aliphatic heterocycles. The molecule has 3 aromatic rings. The summed E-state index contributed by atoms with van der Waals surface area (Å²) >= 11 is 0. The van der Waals surface area contributed by atoms with Crippen LogP contribution in [0, 0.1) is 0 Å². The molecule has 0 radical (unpaired) electrons. The van der Waals surface area contributed by atoms with Gasteiger partial charge in [-0.2, -0.15) is 0 Å². The maximum Gasteiger partial charge on any atom is 0.122 e. The Morgan fingerprint density at radius 1 is 1.05 bits per heavy atom. The number of aromatic nitrogens is 1. The third-order valence-electron chi connectivity index (χ3n) is 3.73. The van der Waals surface area contributed by atoms with E-state index in [4.69, 9.17) is 10.5 Å². The van der Waals surface area contributed by atoms with Gasteiger partial charge in [-0.25, -0.2) is 0 Å². The molecule has 1 unspecified atom stereocenters. The second kappa shape index (κ2) is 5.94. The Hall–Kier alpha value is -2.39. The number of pyridine rings is 1. The molecule has 106 valence electrons. The van der Waals surface area contributed by atoms with Crippen LogP contribution in [0.3, 0.4) is 0 Å². The molecular formula is C18H18N2O. The minimum absolute atomic E-state index is 0.111. The van der Waals surface area contributed by atoms with Crippen LogP contribution in [0.5, 0.6) is 5.75 Å². The standard InChI is InChI=1S/C18H18N2O/c1-21-18-9-5-3-6-13(18)10-17(19)16-12-20-11-14-7-2-4-8-15(14)16/h2-9,11-12,17H,10,19H2,1H3. The molecule has 0 aliphatic rings. The summed E-state index contributed by atoms with van der Waals surface area (Å²) in [4.78, 5) is 4.31. The first-order valence-corrected chi connectivity index (χ1v) is 6.99. The van der Waals surface area contributed by atoms with Crippen molar-refractivity contribution in [2.24, 2.45) is 5.73 Å². The second-order valence-electron chi connectivity index (χ2n) is 5.07. The van der Waals surface area contributed by atoms with Crippen molar-refractivity contribution < 1.29 is 4.74 Å². The van der Waals surface area contributed by atoms with Gasteiger partial charge in [0.1, 0.15) is 5.75 Å². The quantitative estimate of drug-likeness (QED) is 0.794. The van der Waals surface area contributed by atoms with Crippen LogP contribution >= 0.6 is 0 Å². The van der Waals surface area contributed by atoms with E-state index >= 15 is 0 Å². The van der Waals surface area contributed by atoms with Crippen molar-refractivity contribution in [1.29, 1.82) is 0 Å². The topological polar surface area (TPSA) is 48.1 Å². The number of rotatable bonds is 4. The SMILES string of the molecule is COc1ccccc1CC(N)c1cncc2ccccc12. The van der Waals surface area contributed by atoms with Crippen LogP contribution in [0.15, 0.2) is 60.9 Å². The van der Waals surface area contributed by atoms with Crippen LogP contribution in [-0.2, 0) is 6.42 Å². The lowest BCUT2D eigenvalue weighted by Gasteiger charge is -2.16. The number of ether oxygens (including phenoxy) is 1. The summed E-state index contributed by atoms with van der Waals surface area (Å²) in [5, 5.41) is 2.28. The van der Waals surface area contributed by atoms with Gasteiger partial charge < -0.3 is 10.5 Å². The fraction of sp³-hybridized carbons (Fsp3) is 0.167. The Labute approximate surface area is 124 Å². The number of methoxy groups -OCH3 is 1. The Kier molecular flexibility index (Phi) is 3.84. The highest BCUT2D eigenvalue weighted by atomic mass is 16.5. The van der Waals surface area contributed by atoms with Gasteiger partial charge in [0.2, 0.25) is 0 Å². The Balaban J connectivity index is 1.96. The number of nitrogens with zero attached hydrogens (tertiary/aromatic N) is 1. The van der Waals surface area contributed by atoms with E-state index in [-0.39, 0.29) is 6.04 Å². The van der Waals surface area contributed by atoms with Gasteiger partial charge in [-0.05, 0) is 29.0 Å². The van der Waals surface area contributed by atoms with Gasteiger partial charge in [-0.15, -0.1) is 0 Å². The average molecular weight is 278 g/mol. The van der Waals surface area contributed by atoms with Crippen LogP contribution in [-0.4, -0.2) is 12.1 Å². The molecule has 21 heavy (non-hydrogen) atoms. The molecule has 2 N–H and O–H groups in total. The van der Waals surface area contributed by atoms with Crippen molar-refractivity contribution in [1.82, 2.24) is 4.98 Å². The van der Waals surface area contributed by atoms with Gasteiger partial charge in [-0.1, -0.05) is 42.5 Å². The highest BCUT2D eigenvalue weighted by Gasteiger charge is 2.13. The predicted molar refractivity (Wildman–Crippen MR) is 85.4 cm³/mol. The maximum absolute atomic E-state index is 6.42. The van der Waals surface area contributed by atoms with Crippen LogP contribution in [0.1, 0.15) is 17.2 Å². The van der Waals surface area contributed by atoms with E-state index in [0.29, 0.717) is 0 Å². The zero-order valence-corrected chi connectivity index (χ0v) is 12.0. The van der Waals surface area contributed by atoms with E-state index in [1.807, 2.05) is 42.7 Å². The normalized spacial score (nSPS) is 12.3. The molecule has 0 saturated carbocycles. The number of para-hydroxylation sites is 1.